The van der Waals surface area contributed by atoms with E-state index in [0.29, 0.717) is 0 Å². The summed E-state index contributed by atoms with van der Waals surface area (Å²) in [4.78, 5) is 2.23. The lowest BCUT2D eigenvalue weighted by Gasteiger charge is -2.08. The van der Waals surface area contributed by atoms with Crippen LogP contribution in [0.4, 0.5) is 0 Å². The number of nitrogens with zero attached hydrogens (tertiary/aromatic N) is 1. The van der Waals surface area contributed by atoms with Crippen LogP contribution in [-0.2, 0) is 6.42 Å². The smallest absolute Gasteiger partial charge is 0.135 e. The zero-order valence-electron chi connectivity index (χ0n) is 11.5. The van der Waals surface area contributed by atoms with Crippen molar-refractivity contribution in [2.75, 3.05) is 20.6 Å². The highest BCUT2D eigenvalue weighted by atomic mass is 16.3. The van der Waals surface area contributed by atoms with Crippen molar-refractivity contribution >= 4 is 21.9 Å². The maximum absolute atomic E-state index is 5.84. The Bertz CT molecular complexity index is 697. The van der Waals surface area contributed by atoms with E-state index in [1.54, 1.807) is 0 Å². The predicted molar refractivity (Wildman–Crippen MR) is 80.6 cm³/mol. The van der Waals surface area contributed by atoms with E-state index in [2.05, 4.69) is 49.3 Å². The molecule has 0 aliphatic rings. The van der Waals surface area contributed by atoms with E-state index in [-0.39, 0.29) is 0 Å². The summed E-state index contributed by atoms with van der Waals surface area (Å²) in [6, 6.07) is 14.8. The number of fused-ring (bicyclic) bond motifs is 3. The summed E-state index contributed by atoms with van der Waals surface area (Å²) in [5.74, 6) is 0. The number of furan rings is 1. The Labute approximate surface area is 113 Å². The first-order valence-electron chi connectivity index (χ1n) is 6.79. The van der Waals surface area contributed by atoms with Crippen molar-refractivity contribution in [1.29, 1.82) is 0 Å². The zero-order chi connectivity index (χ0) is 13.2. The molecule has 98 valence electrons. The Hall–Kier alpha value is -1.80. The number of hydrogen-bond donors (Lipinski definition) is 0. The summed E-state index contributed by atoms with van der Waals surface area (Å²) >= 11 is 0. The highest BCUT2D eigenvalue weighted by molar-refractivity contribution is 6.04. The average Bonchev–Trinajstić information content (AvgIpc) is 2.76. The van der Waals surface area contributed by atoms with Crippen molar-refractivity contribution in [3.8, 4) is 0 Å². The number of para-hydroxylation sites is 1. The summed E-state index contributed by atoms with van der Waals surface area (Å²) in [6.07, 6.45) is 2.31. The minimum atomic E-state index is 0.975. The van der Waals surface area contributed by atoms with Gasteiger partial charge < -0.3 is 9.32 Å². The quantitative estimate of drug-likeness (QED) is 0.696. The van der Waals surface area contributed by atoms with Gasteiger partial charge in [0.15, 0.2) is 0 Å². The van der Waals surface area contributed by atoms with Crippen LogP contribution in [-0.4, -0.2) is 25.5 Å². The molecule has 0 N–H and O–H groups in total. The van der Waals surface area contributed by atoms with E-state index in [1.165, 1.54) is 22.8 Å². The van der Waals surface area contributed by atoms with Crippen LogP contribution in [0, 0.1) is 0 Å². The van der Waals surface area contributed by atoms with Gasteiger partial charge in [0.05, 0.1) is 0 Å². The van der Waals surface area contributed by atoms with Crippen LogP contribution in [0.15, 0.2) is 46.9 Å². The Kier molecular flexibility index (Phi) is 3.26. The summed E-state index contributed by atoms with van der Waals surface area (Å²) in [5, 5.41) is 2.45. The first kappa shape index (κ1) is 12.2. The number of benzene rings is 2. The van der Waals surface area contributed by atoms with Crippen LogP contribution >= 0.6 is 0 Å². The molecule has 0 radical (unpaired) electrons. The van der Waals surface area contributed by atoms with Gasteiger partial charge in [-0.25, -0.2) is 0 Å². The van der Waals surface area contributed by atoms with Crippen LogP contribution < -0.4 is 0 Å². The second kappa shape index (κ2) is 5.06. The molecule has 19 heavy (non-hydrogen) atoms. The maximum Gasteiger partial charge on any atom is 0.135 e. The fourth-order valence-corrected chi connectivity index (χ4v) is 2.53. The maximum atomic E-state index is 5.84. The molecule has 1 heterocycles. The lowest BCUT2D eigenvalue weighted by atomic mass is 10.1. The Morgan fingerprint density at radius 1 is 0.947 bits per heavy atom. The SMILES string of the molecule is CN(C)CCCc1ccc2oc3ccccc3c2c1. The minimum absolute atomic E-state index is 0.975. The molecule has 0 bridgehead atoms. The van der Waals surface area contributed by atoms with E-state index in [1.807, 2.05) is 12.1 Å². The van der Waals surface area contributed by atoms with Gasteiger partial charge in [0, 0.05) is 10.8 Å². The van der Waals surface area contributed by atoms with E-state index in [0.717, 1.165) is 24.1 Å². The molecule has 1 aromatic heterocycles. The fraction of sp³-hybridized carbons (Fsp3) is 0.294. The lowest BCUT2D eigenvalue weighted by molar-refractivity contribution is 0.400. The van der Waals surface area contributed by atoms with Gasteiger partial charge in [-0.1, -0.05) is 24.3 Å². The zero-order valence-corrected chi connectivity index (χ0v) is 11.5. The Morgan fingerprint density at radius 2 is 1.74 bits per heavy atom. The van der Waals surface area contributed by atoms with Crippen LogP contribution in [0.1, 0.15) is 12.0 Å². The summed E-state index contributed by atoms with van der Waals surface area (Å²) < 4.78 is 5.84. The van der Waals surface area contributed by atoms with Crippen LogP contribution in [0.3, 0.4) is 0 Å². The van der Waals surface area contributed by atoms with Gasteiger partial charge in [0.25, 0.3) is 0 Å². The number of hydrogen-bond acceptors (Lipinski definition) is 2. The van der Waals surface area contributed by atoms with Crippen molar-refractivity contribution in [2.45, 2.75) is 12.8 Å². The molecule has 3 rings (SSSR count). The van der Waals surface area contributed by atoms with Crippen molar-refractivity contribution in [3.05, 3.63) is 48.0 Å². The number of aryl methyl sites for hydroxylation is 1. The molecule has 2 heteroatoms. The second-order valence-corrected chi connectivity index (χ2v) is 5.34. The third-order valence-corrected chi connectivity index (χ3v) is 3.51. The largest absolute Gasteiger partial charge is 0.456 e. The van der Waals surface area contributed by atoms with Gasteiger partial charge in [-0.3, -0.25) is 0 Å². The predicted octanol–water partition coefficient (Wildman–Crippen LogP) is 4.08. The van der Waals surface area contributed by atoms with Gasteiger partial charge in [-0.05, 0) is 57.2 Å². The van der Waals surface area contributed by atoms with E-state index >= 15 is 0 Å². The molecule has 0 fully saturated rings. The van der Waals surface area contributed by atoms with Crippen LogP contribution in [0.25, 0.3) is 21.9 Å². The summed E-state index contributed by atoms with van der Waals surface area (Å²) in [7, 11) is 4.24. The molecule has 0 unspecified atom stereocenters. The first-order chi connectivity index (χ1) is 9.24. The lowest BCUT2D eigenvalue weighted by Crippen LogP contribution is -2.13. The van der Waals surface area contributed by atoms with Crippen molar-refractivity contribution < 1.29 is 4.42 Å². The molecule has 0 aliphatic carbocycles. The molecule has 0 saturated carbocycles. The molecular formula is C17H19NO. The molecule has 0 saturated heterocycles. The van der Waals surface area contributed by atoms with Gasteiger partial charge in [-0.15, -0.1) is 0 Å². The normalized spacial score (nSPS) is 11.7. The molecule has 0 atom stereocenters. The van der Waals surface area contributed by atoms with Crippen LogP contribution in [0.2, 0.25) is 0 Å². The average molecular weight is 253 g/mol. The fourth-order valence-electron chi connectivity index (χ4n) is 2.53. The van der Waals surface area contributed by atoms with Gasteiger partial charge in [0.2, 0.25) is 0 Å². The standard InChI is InChI=1S/C17H19NO/c1-18(2)11-5-6-13-9-10-17-15(12-13)14-7-3-4-8-16(14)19-17/h3-4,7-10,12H,5-6,11H2,1-2H3. The molecule has 3 aromatic rings. The molecule has 2 aromatic carbocycles. The third kappa shape index (κ3) is 2.49. The Morgan fingerprint density at radius 3 is 2.58 bits per heavy atom. The molecular weight excluding hydrogens is 234 g/mol. The van der Waals surface area contributed by atoms with Gasteiger partial charge in [0.1, 0.15) is 11.2 Å². The van der Waals surface area contributed by atoms with Crippen molar-refractivity contribution in [3.63, 3.8) is 0 Å². The monoisotopic (exact) mass is 253 g/mol. The topological polar surface area (TPSA) is 16.4 Å². The summed E-state index contributed by atoms with van der Waals surface area (Å²) in [5.41, 5.74) is 3.35. The van der Waals surface area contributed by atoms with Crippen molar-refractivity contribution in [2.24, 2.45) is 0 Å². The minimum Gasteiger partial charge on any atom is -0.456 e. The highest BCUT2D eigenvalue weighted by Crippen LogP contribution is 2.29. The molecule has 0 spiro atoms. The highest BCUT2D eigenvalue weighted by Gasteiger charge is 2.06. The van der Waals surface area contributed by atoms with E-state index in [9.17, 15) is 0 Å². The van der Waals surface area contributed by atoms with Crippen molar-refractivity contribution in [1.82, 2.24) is 4.90 Å². The van der Waals surface area contributed by atoms with Gasteiger partial charge >= 0.3 is 0 Å². The van der Waals surface area contributed by atoms with E-state index < -0.39 is 0 Å². The molecule has 2 nitrogen and oxygen atoms in total. The third-order valence-electron chi connectivity index (χ3n) is 3.51. The van der Waals surface area contributed by atoms with Gasteiger partial charge in [-0.2, -0.15) is 0 Å². The van der Waals surface area contributed by atoms with E-state index in [4.69, 9.17) is 4.42 Å². The molecule has 0 aliphatic heterocycles. The van der Waals surface area contributed by atoms with Crippen LogP contribution in [0.5, 0.6) is 0 Å². The number of rotatable bonds is 4. The first-order valence-corrected chi connectivity index (χ1v) is 6.79. The second-order valence-electron chi connectivity index (χ2n) is 5.34. The molecule has 0 amide bonds. The Balaban J connectivity index is 1.93. The summed E-state index contributed by atoms with van der Waals surface area (Å²) in [6.45, 7) is 1.13.